The van der Waals surface area contributed by atoms with Crippen molar-refractivity contribution in [3.05, 3.63) is 0 Å². The van der Waals surface area contributed by atoms with Gasteiger partial charge in [0.1, 0.15) is 5.60 Å². The van der Waals surface area contributed by atoms with Crippen LogP contribution in [0, 0.1) is 11.8 Å². The van der Waals surface area contributed by atoms with Crippen LogP contribution in [0.5, 0.6) is 0 Å². The minimum Gasteiger partial charge on any atom is -0.444 e. The molecule has 0 aromatic heterocycles. The van der Waals surface area contributed by atoms with Crippen LogP contribution >= 0.6 is 0 Å². The number of rotatable bonds is 5. The van der Waals surface area contributed by atoms with Crippen molar-refractivity contribution in [3.63, 3.8) is 0 Å². The van der Waals surface area contributed by atoms with E-state index in [0.29, 0.717) is 6.04 Å². The van der Waals surface area contributed by atoms with Crippen molar-refractivity contribution < 1.29 is 9.53 Å². The van der Waals surface area contributed by atoms with Crippen molar-refractivity contribution >= 4 is 6.09 Å². The molecular weight excluding hydrogens is 264 g/mol. The lowest BCUT2D eigenvalue weighted by molar-refractivity contribution is 0.0501. The molecule has 1 saturated carbocycles. The topological polar surface area (TPSA) is 50.4 Å². The fourth-order valence-electron chi connectivity index (χ4n) is 2.81. The van der Waals surface area contributed by atoms with E-state index in [1.807, 2.05) is 20.8 Å². The molecule has 0 saturated heterocycles. The summed E-state index contributed by atoms with van der Waals surface area (Å²) in [6.45, 7) is 13.3. The van der Waals surface area contributed by atoms with Crippen molar-refractivity contribution in [1.82, 2.24) is 10.6 Å². The molecule has 1 aliphatic carbocycles. The first-order valence-electron chi connectivity index (χ1n) is 8.44. The van der Waals surface area contributed by atoms with Crippen LogP contribution in [-0.4, -0.2) is 30.3 Å². The van der Waals surface area contributed by atoms with Gasteiger partial charge in [0.05, 0.1) is 0 Å². The van der Waals surface area contributed by atoms with Crippen LogP contribution in [0.1, 0.15) is 67.2 Å². The van der Waals surface area contributed by atoms with E-state index in [2.05, 4.69) is 31.4 Å². The lowest BCUT2D eigenvalue weighted by Crippen LogP contribution is -2.47. The van der Waals surface area contributed by atoms with E-state index in [-0.39, 0.29) is 12.1 Å². The number of carbonyl (C=O) groups excluding carboxylic acids is 1. The van der Waals surface area contributed by atoms with E-state index >= 15 is 0 Å². The molecule has 1 amide bonds. The van der Waals surface area contributed by atoms with E-state index < -0.39 is 5.60 Å². The Labute approximate surface area is 130 Å². The number of carbonyl (C=O) groups is 1. The molecular formula is C17H34N2O2. The zero-order chi connectivity index (χ0) is 16.0. The highest BCUT2D eigenvalue weighted by Crippen LogP contribution is 2.29. The van der Waals surface area contributed by atoms with E-state index in [4.69, 9.17) is 4.74 Å². The van der Waals surface area contributed by atoms with Crippen LogP contribution < -0.4 is 10.6 Å². The zero-order valence-electron chi connectivity index (χ0n) is 14.7. The molecule has 1 rings (SSSR count). The van der Waals surface area contributed by atoms with Gasteiger partial charge in [0.15, 0.2) is 0 Å². The highest BCUT2D eigenvalue weighted by Gasteiger charge is 2.25. The minimum atomic E-state index is -0.440. The molecule has 4 atom stereocenters. The molecule has 4 heteroatoms. The van der Waals surface area contributed by atoms with Gasteiger partial charge < -0.3 is 15.4 Å². The maximum atomic E-state index is 11.8. The second-order valence-electron chi connectivity index (χ2n) is 7.62. The molecule has 124 valence electrons. The molecule has 0 bridgehead atoms. The van der Waals surface area contributed by atoms with Crippen molar-refractivity contribution in [2.45, 2.75) is 84.9 Å². The largest absolute Gasteiger partial charge is 0.444 e. The Hall–Kier alpha value is -0.770. The highest BCUT2D eigenvalue weighted by atomic mass is 16.6. The fourth-order valence-corrected chi connectivity index (χ4v) is 2.81. The van der Waals surface area contributed by atoms with Crippen molar-refractivity contribution in [2.24, 2.45) is 11.8 Å². The van der Waals surface area contributed by atoms with Crippen LogP contribution in [0.15, 0.2) is 0 Å². The first-order chi connectivity index (χ1) is 9.71. The first-order valence-corrected chi connectivity index (χ1v) is 8.44. The lowest BCUT2D eigenvalue weighted by Gasteiger charge is -2.33. The summed E-state index contributed by atoms with van der Waals surface area (Å²) in [4.78, 5) is 11.8. The molecule has 4 unspecified atom stereocenters. The van der Waals surface area contributed by atoms with E-state index in [0.717, 1.165) is 24.8 Å². The van der Waals surface area contributed by atoms with Gasteiger partial charge in [-0.25, -0.2) is 4.79 Å². The maximum Gasteiger partial charge on any atom is 0.407 e. The van der Waals surface area contributed by atoms with Gasteiger partial charge in [0.25, 0.3) is 0 Å². The Bertz CT molecular complexity index is 325. The Morgan fingerprint density at radius 3 is 2.43 bits per heavy atom. The second kappa shape index (κ2) is 8.02. The van der Waals surface area contributed by atoms with E-state index in [1.54, 1.807) is 0 Å². The van der Waals surface area contributed by atoms with Crippen LogP contribution in [-0.2, 0) is 4.74 Å². The molecule has 0 heterocycles. The monoisotopic (exact) mass is 298 g/mol. The minimum absolute atomic E-state index is 0.134. The van der Waals surface area contributed by atoms with Crippen LogP contribution in [0.2, 0.25) is 0 Å². The molecule has 1 aliphatic rings. The average molecular weight is 298 g/mol. The molecule has 0 aromatic carbocycles. The van der Waals surface area contributed by atoms with Crippen molar-refractivity contribution in [1.29, 1.82) is 0 Å². The molecule has 0 radical (unpaired) electrons. The van der Waals surface area contributed by atoms with Gasteiger partial charge in [-0.05, 0) is 58.3 Å². The lowest BCUT2D eigenvalue weighted by atomic mass is 9.79. The van der Waals surface area contributed by atoms with E-state index in [1.165, 1.54) is 19.3 Å². The van der Waals surface area contributed by atoms with E-state index in [9.17, 15) is 4.79 Å². The number of ether oxygens (including phenoxy) is 1. The Kier molecular flexibility index (Phi) is 6.98. The highest BCUT2D eigenvalue weighted by molar-refractivity contribution is 5.68. The number of alkyl carbamates (subject to hydrolysis) is 1. The Morgan fingerprint density at radius 2 is 1.90 bits per heavy atom. The van der Waals surface area contributed by atoms with Gasteiger partial charge >= 0.3 is 6.09 Å². The number of hydrogen-bond donors (Lipinski definition) is 2. The van der Waals surface area contributed by atoms with Crippen LogP contribution in [0.4, 0.5) is 4.79 Å². The molecule has 4 nitrogen and oxygen atoms in total. The normalized spacial score (nSPS) is 28.0. The van der Waals surface area contributed by atoms with Gasteiger partial charge in [-0.15, -0.1) is 0 Å². The molecule has 21 heavy (non-hydrogen) atoms. The zero-order valence-corrected chi connectivity index (χ0v) is 14.7. The quantitative estimate of drug-likeness (QED) is 0.813. The molecule has 1 fully saturated rings. The third-order valence-electron chi connectivity index (χ3n) is 4.46. The first kappa shape index (κ1) is 18.3. The van der Waals surface area contributed by atoms with Crippen molar-refractivity contribution in [3.8, 4) is 0 Å². The number of nitrogens with one attached hydrogen (secondary N) is 2. The maximum absolute atomic E-state index is 11.8. The molecule has 0 aliphatic heterocycles. The fraction of sp³-hybridized carbons (Fsp3) is 0.941. The van der Waals surface area contributed by atoms with Gasteiger partial charge in [0.2, 0.25) is 0 Å². The van der Waals surface area contributed by atoms with Gasteiger partial charge in [-0.2, -0.15) is 0 Å². The summed E-state index contributed by atoms with van der Waals surface area (Å²) >= 11 is 0. The summed E-state index contributed by atoms with van der Waals surface area (Å²) < 4.78 is 5.32. The third-order valence-corrected chi connectivity index (χ3v) is 4.46. The smallest absolute Gasteiger partial charge is 0.407 e. The predicted molar refractivity (Wildman–Crippen MR) is 87.4 cm³/mol. The summed E-state index contributed by atoms with van der Waals surface area (Å²) in [7, 11) is 0. The van der Waals surface area contributed by atoms with Crippen molar-refractivity contribution in [2.75, 3.05) is 6.54 Å². The summed E-state index contributed by atoms with van der Waals surface area (Å²) in [6, 6.07) is 0.722. The SMILES string of the molecule is CCC(CNC1CCC(C)C(C)C1)NC(=O)OC(C)(C)C. The Morgan fingerprint density at radius 1 is 1.24 bits per heavy atom. The Balaban J connectivity index is 2.32. The second-order valence-corrected chi connectivity index (χ2v) is 7.62. The third kappa shape index (κ3) is 7.16. The predicted octanol–water partition coefficient (Wildman–Crippen LogP) is 3.70. The summed E-state index contributed by atoms with van der Waals surface area (Å²) in [5.74, 6) is 1.63. The van der Waals surface area contributed by atoms with Gasteiger partial charge in [-0.3, -0.25) is 0 Å². The number of hydrogen-bond acceptors (Lipinski definition) is 3. The number of amides is 1. The van der Waals surface area contributed by atoms with Gasteiger partial charge in [0, 0.05) is 18.6 Å². The van der Waals surface area contributed by atoms with Gasteiger partial charge in [-0.1, -0.05) is 20.8 Å². The average Bonchev–Trinajstić information content (AvgIpc) is 2.36. The molecule has 2 N–H and O–H groups in total. The summed E-state index contributed by atoms with van der Waals surface area (Å²) in [5, 5.41) is 6.58. The summed E-state index contributed by atoms with van der Waals surface area (Å²) in [5.41, 5.74) is -0.440. The van der Waals surface area contributed by atoms with Crippen LogP contribution in [0.3, 0.4) is 0 Å². The molecule has 0 spiro atoms. The summed E-state index contributed by atoms with van der Waals surface area (Å²) in [6.07, 6.45) is 4.38. The van der Waals surface area contributed by atoms with Crippen LogP contribution in [0.25, 0.3) is 0 Å². The standard InChI is InChI=1S/C17H34N2O2/c1-7-14(19-16(20)21-17(4,5)6)11-18-15-9-8-12(2)13(3)10-15/h12-15,18H,7-11H2,1-6H3,(H,19,20). The molecule has 0 aromatic rings.